The van der Waals surface area contributed by atoms with Gasteiger partial charge in [0.2, 0.25) is 10.0 Å². The average molecular weight is 292 g/mol. The highest BCUT2D eigenvalue weighted by Crippen LogP contribution is 2.07. The largest absolute Gasteiger partial charge is 0.480 e. The van der Waals surface area contributed by atoms with Gasteiger partial charge in [0.25, 0.3) is 0 Å². The summed E-state index contributed by atoms with van der Waals surface area (Å²) in [6.45, 7) is 1.50. The van der Waals surface area contributed by atoms with Gasteiger partial charge in [-0.15, -0.1) is 0 Å². The number of hydrogen-bond acceptors (Lipinski definition) is 6. The lowest BCUT2D eigenvalue weighted by Crippen LogP contribution is -2.44. The van der Waals surface area contributed by atoms with Crippen molar-refractivity contribution in [2.45, 2.75) is 37.5 Å². The van der Waals surface area contributed by atoms with Crippen LogP contribution in [0.1, 0.15) is 26.2 Å². The Morgan fingerprint density at radius 2 is 2.05 bits per heavy atom. The highest BCUT2D eigenvalue weighted by atomic mass is 32.2. The molecule has 2 atom stereocenters. The van der Waals surface area contributed by atoms with Crippen molar-refractivity contribution in [1.29, 1.82) is 5.26 Å². The third-order valence-corrected chi connectivity index (χ3v) is 4.16. The van der Waals surface area contributed by atoms with Crippen LogP contribution in [-0.2, 0) is 24.3 Å². The maximum atomic E-state index is 11.7. The molecule has 9 heteroatoms. The Kier molecular flexibility index (Phi) is 7.03. The number of carboxylic acid groups (broad SMARTS) is 1. The molecule has 0 spiro atoms. The van der Waals surface area contributed by atoms with Crippen LogP contribution in [0.5, 0.6) is 0 Å². The van der Waals surface area contributed by atoms with Crippen LogP contribution in [-0.4, -0.2) is 43.9 Å². The Bertz CT molecular complexity index is 467. The van der Waals surface area contributed by atoms with Crippen LogP contribution in [0, 0.1) is 11.3 Å². The standard InChI is InChI=1S/C10H16N2O6S/c1-3-7(6-11)19(16,17)12-8(10(14)15)4-5-9(13)18-2/h7-8,12H,3-5H2,1-2H3,(H,14,15)/t7?,8-/m1/s1. The van der Waals surface area contributed by atoms with E-state index in [1.54, 1.807) is 6.07 Å². The fourth-order valence-corrected chi connectivity index (χ4v) is 2.61. The SMILES string of the molecule is CCC(C#N)S(=O)(=O)N[C@H](CCC(=O)OC)C(=O)O. The number of nitriles is 1. The van der Waals surface area contributed by atoms with Gasteiger partial charge in [0, 0.05) is 6.42 Å². The first kappa shape index (κ1) is 17.3. The van der Waals surface area contributed by atoms with E-state index < -0.39 is 33.3 Å². The molecule has 0 fully saturated rings. The lowest BCUT2D eigenvalue weighted by atomic mass is 10.2. The van der Waals surface area contributed by atoms with Crippen LogP contribution in [0.3, 0.4) is 0 Å². The summed E-state index contributed by atoms with van der Waals surface area (Å²) in [4.78, 5) is 21.8. The van der Waals surface area contributed by atoms with Gasteiger partial charge < -0.3 is 9.84 Å². The van der Waals surface area contributed by atoms with Crippen LogP contribution in [0.4, 0.5) is 0 Å². The van der Waals surface area contributed by atoms with E-state index >= 15 is 0 Å². The molecule has 8 nitrogen and oxygen atoms in total. The van der Waals surface area contributed by atoms with Gasteiger partial charge in [0.05, 0.1) is 13.2 Å². The average Bonchev–Trinajstić information content (AvgIpc) is 2.34. The first-order chi connectivity index (χ1) is 8.78. The Morgan fingerprint density at radius 1 is 1.47 bits per heavy atom. The minimum absolute atomic E-state index is 0.0369. The van der Waals surface area contributed by atoms with Crippen LogP contribution < -0.4 is 4.72 Å². The number of rotatable bonds is 8. The lowest BCUT2D eigenvalue weighted by molar-refractivity contribution is -0.142. The van der Waals surface area contributed by atoms with E-state index in [1.165, 1.54) is 6.92 Å². The summed E-state index contributed by atoms with van der Waals surface area (Å²) in [7, 11) is -2.92. The van der Waals surface area contributed by atoms with E-state index in [0.717, 1.165) is 7.11 Å². The minimum atomic E-state index is -4.07. The van der Waals surface area contributed by atoms with Gasteiger partial charge >= 0.3 is 11.9 Å². The van der Waals surface area contributed by atoms with Crippen molar-refractivity contribution in [3.8, 4) is 6.07 Å². The van der Waals surface area contributed by atoms with E-state index in [9.17, 15) is 18.0 Å². The fourth-order valence-electron chi connectivity index (χ4n) is 1.26. The number of ether oxygens (including phenoxy) is 1. The molecule has 0 saturated carbocycles. The van der Waals surface area contributed by atoms with Crippen LogP contribution >= 0.6 is 0 Å². The van der Waals surface area contributed by atoms with Crippen molar-refractivity contribution in [2.24, 2.45) is 0 Å². The van der Waals surface area contributed by atoms with E-state index in [1.807, 2.05) is 4.72 Å². The summed E-state index contributed by atoms with van der Waals surface area (Å²) < 4.78 is 29.7. The summed E-state index contributed by atoms with van der Waals surface area (Å²) in [6, 6.07) is 0.111. The van der Waals surface area contributed by atoms with Crippen LogP contribution in [0.15, 0.2) is 0 Å². The molecule has 0 aromatic rings. The van der Waals surface area contributed by atoms with Gasteiger partial charge in [-0.3, -0.25) is 9.59 Å². The molecule has 0 aliphatic heterocycles. The third-order valence-electron chi connectivity index (χ3n) is 2.36. The maximum Gasteiger partial charge on any atom is 0.321 e. The van der Waals surface area contributed by atoms with Gasteiger partial charge in [0.15, 0.2) is 5.25 Å². The van der Waals surface area contributed by atoms with E-state index in [4.69, 9.17) is 10.4 Å². The Balaban J connectivity index is 4.81. The van der Waals surface area contributed by atoms with Crippen LogP contribution in [0.2, 0.25) is 0 Å². The number of nitrogens with one attached hydrogen (secondary N) is 1. The number of carbonyl (C=O) groups excluding carboxylic acids is 1. The molecule has 0 saturated heterocycles. The molecule has 0 aliphatic rings. The molecule has 0 aromatic heterocycles. The summed E-state index contributed by atoms with van der Waals surface area (Å²) >= 11 is 0. The number of sulfonamides is 1. The predicted octanol–water partition coefficient (Wildman–Crippen LogP) is -0.386. The topological polar surface area (TPSA) is 134 Å². The third kappa shape index (κ3) is 5.67. The molecule has 0 bridgehead atoms. The second-order valence-corrected chi connectivity index (χ2v) is 5.59. The zero-order valence-electron chi connectivity index (χ0n) is 10.6. The number of hydrogen-bond donors (Lipinski definition) is 2. The van der Waals surface area contributed by atoms with Crippen molar-refractivity contribution in [2.75, 3.05) is 7.11 Å². The highest BCUT2D eigenvalue weighted by molar-refractivity contribution is 7.90. The molecular weight excluding hydrogens is 276 g/mol. The number of carboxylic acids is 1. The molecule has 19 heavy (non-hydrogen) atoms. The number of esters is 1. The molecule has 0 amide bonds. The predicted molar refractivity (Wildman–Crippen MR) is 64.4 cm³/mol. The number of carbonyl (C=O) groups is 2. The van der Waals surface area contributed by atoms with Gasteiger partial charge in [-0.25, -0.2) is 8.42 Å². The van der Waals surface area contributed by atoms with Gasteiger partial charge in [-0.05, 0) is 12.8 Å². The van der Waals surface area contributed by atoms with E-state index in [-0.39, 0.29) is 19.3 Å². The van der Waals surface area contributed by atoms with Crippen LogP contribution in [0.25, 0.3) is 0 Å². The Morgan fingerprint density at radius 3 is 2.42 bits per heavy atom. The molecule has 1 unspecified atom stereocenters. The van der Waals surface area contributed by atoms with E-state index in [2.05, 4.69) is 4.74 Å². The first-order valence-electron chi connectivity index (χ1n) is 5.48. The monoisotopic (exact) mass is 292 g/mol. The Labute approximate surface area is 111 Å². The first-order valence-corrected chi connectivity index (χ1v) is 7.03. The highest BCUT2D eigenvalue weighted by Gasteiger charge is 2.30. The second-order valence-electron chi connectivity index (χ2n) is 3.69. The summed E-state index contributed by atoms with van der Waals surface area (Å²) in [5.74, 6) is -2.06. The van der Waals surface area contributed by atoms with Crippen molar-refractivity contribution < 1.29 is 27.9 Å². The normalized spacial score (nSPS) is 14.2. The van der Waals surface area contributed by atoms with E-state index in [0.29, 0.717) is 0 Å². The quantitative estimate of drug-likeness (QED) is 0.582. The Hall–Kier alpha value is -1.66. The van der Waals surface area contributed by atoms with Gasteiger partial charge in [-0.1, -0.05) is 6.92 Å². The molecule has 0 rings (SSSR count). The molecule has 0 aliphatic carbocycles. The van der Waals surface area contributed by atoms with Crippen molar-refractivity contribution in [3.05, 3.63) is 0 Å². The minimum Gasteiger partial charge on any atom is -0.480 e. The number of nitrogens with zero attached hydrogens (tertiary/aromatic N) is 1. The molecule has 2 N–H and O–H groups in total. The lowest BCUT2D eigenvalue weighted by Gasteiger charge is -2.16. The smallest absolute Gasteiger partial charge is 0.321 e. The zero-order valence-corrected chi connectivity index (χ0v) is 11.4. The van der Waals surface area contributed by atoms with Crippen molar-refractivity contribution >= 4 is 22.0 Å². The molecule has 0 aromatic carbocycles. The molecule has 0 heterocycles. The van der Waals surface area contributed by atoms with Crippen molar-refractivity contribution in [3.63, 3.8) is 0 Å². The van der Waals surface area contributed by atoms with Gasteiger partial charge in [0.1, 0.15) is 6.04 Å². The molecular formula is C10H16N2O6S. The number of methoxy groups -OCH3 is 1. The van der Waals surface area contributed by atoms with Crippen molar-refractivity contribution in [1.82, 2.24) is 4.72 Å². The maximum absolute atomic E-state index is 11.7. The fraction of sp³-hybridized carbons (Fsp3) is 0.700. The summed E-state index contributed by atoms with van der Waals surface area (Å²) in [5, 5.41) is 16.2. The van der Waals surface area contributed by atoms with Gasteiger partial charge in [-0.2, -0.15) is 9.98 Å². The summed E-state index contributed by atoms with van der Waals surface area (Å²) in [6.07, 6.45) is -0.447. The molecule has 108 valence electrons. The summed E-state index contributed by atoms with van der Waals surface area (Å²) in [5.41, 5.74) is 0. The zero-order chi connectivity index (χ0) is 15.1. The number of aliphatic carboxylic acids is 1. The second kappa shape index (κ2) is 7.70. The molecule has 0 radical (unpaired) electrons.